The average molecular weight is 277 g/mol. The molecule has 1 saturated heterocycles. The largest absolute Gasteiger partial charge is 0.496 e. The highest BCUT2D eigenvalue weighted by Crippen LogP contribution is 2.24. The molecule has 1 atom stereocenters. The van der Waals surface area contributed by atoms with E-state index in [1.807, 2.05) is 6.92 Å². The zero-order valence-electron chi connectivity index (χ0n) is 11.7. The van der Waals surface area contributed by atoms with Crippen molar-refractivity contribution in [3.05, 3.63) is 23.8 Å². The summed E-state index contributed by atoms with van der Waals surface area (Å²) in [5.41, 5.74) is 7.02. The number of urea groups is 1. The molecule has 0 aromatic heterocycles. The smallest absolute Gasteiger partial charge is 0.325 e. The summed E-state index contributed by atoms with van der Waals surface area (Å²) in [7, 11) is 1.53. The van der Waals surface area contributed by atoms with Gasteiger partial charge in [0, 0.05) is 17.3 Å². The van der Waals surface area contributed by atoms with Crippen molar-refractivity contribution in [2.45, 2.75) is 32.4 Å². The number of anilines is 1. The quantitative estimate of drug-likeness (QED) is 0.631. The number of rotatable bonds is 5. The Bertz CT molecular complexity index is 530. The van der Waals surface area contributed by atoms with E-state index < -0.39 is 6.04 Å². The molecule has 3 amide bonds. The summed E-state index contributed by atoms with van der Waals surface area (Å²) >= 11 is 0. The van der Waals surface area contributed by atoms with Crippen LogP contribution in [0.15, 0.2) is 18.2 Å². The van der Waals surface area contributed by atoms with Gasteiger partial charge in [-0.15, -0.1) is 0 Å². The molecule has 1 aliphatic heterocycles. The lowest BCUT2D eigenvalue weighted by molar-refractivity contribution is -0.128. The van der Waals surface area contributed by atoms with Crippen LogP contribution in [0.2, 0.25) is 0 Å². The maximum atomic E-state index is 12.2. The Morgan fingerprint density at radius 3 is 2.80 bits per heavy atom. The van der Waals surface area contributed by atoms with Crippen LogP contribution < -0.4 is 15.8 Å². The van der Waals surface area contributed by atoms with Crippen LogP contribution in [0.1, 0.15) is 25.3 Å². The number of benzene rings is 1. The van der Waals surface area contributed by atoms with Gasteiger partial charge in [-0.3, -0.25) is 9.69 Å². The van der Waals surface area contributed by atoms with E-state index in [4.69, 9.17) is 10.5 Å². The molecule has 1 heterocycles. The van der Waals surface area contributed by atoms with E-state index in [1.165, 1.54) is 12.0 Å². The Hall–Kier alpha value is -2.24. The molecular formula is C14H19N3O3. The molecule has 0 aliphatic carbocycles. The van der Waals surface area contributed by atoms with E-state index in [-0.39, 0.29) is 18.5 Å². The fourth-order valence-corrected chi connectivity index (χ4v) is 2.27. The van der Waals surface area contributed by atoms with Crippen LogP contribution in [0.4, 0.5) is 10.5 Å². The minimum Gasteiger partial charge on any atom is -0.496 e. The first-order chi connectivity index (χ1) is 9.56. The van der Waals surface area contributed by atoms with Crippen molar-refractivity contribution in [3.63, 3.8) is 0 Å². The molecule has 1 aliphatic rings. The van der Waals surface area contributed by atoms with Gasteiger partial charge in [-0.25, -0.2) is 4.79 Å². The summed E-state index contributed by atoms with van der Waals surface area (Å²) in [5.74, 6) is 0.389. The van der Waals surface area contributed by atoms with Crippen molar-refractivity contribution in [2.24, 2.45) is 0 Å². The number of hydrogen-bond donors (Lipinski definition) is 2. The third-order valence-corrected chi connectivity index (χ3v) is 3.32. The predicted octanol–water partition coefficient (Wildman–Crippen LogP) is 1.50. The first-order valence-electron chi connectivity index (χ1n) is 6.61. The fourth-order valence-electron chi connectivity index (χ4n) is 2.27. The van der Waals surface area contributed by atoms with Gasteiger partial charge in [-0.1, -0.05) is 19.4 Å². The zero-order valence-corrected chi connectivity index (χ0v) is 11.7. The zero-order chi connectivity index (χ0) is 14.7. The van der Waals surface area contributed by atoms with Gasteiger partial charge in [0.05, 0.1) is 13.7 Å². The minimum absolute atomic E-state index is 0.185. The van der Waals surface area contributed by atoms with Crippen LogP contribution in [-0.2, 0) is 11.3 Å². The molecule has 1 aromatic rings. The first-order valence-corrected chi connectivity index (χ1v) is 6.61. The van der Waals surface area contributed by atoms with E-state index in [2.05, 4.69) is 5.32 Å². The van der Waals surface area contributed by atoms with Gasteiger partial charge in [-0.05, 0) is 12.5 Å². The van der Waals surface area contributed by atoms with Crippen molar-refractivity contribution in [1.29, 1.82) is 0 Å². The number of carbonyl (C=O) groups is 2. The molecule has 6 nitrogen and oxygen atoms in total. The fraction of sp³-hybridized carbons (Fsp3) is 0.429. The van der Waals surface area contributed by atoms with Crippen LogP contribution in [0, 0.1) is 0 Å². The minimum atomic E-state index is -0.410. The molecule has 108 valence electrons. The Morgan fingerprint density at radius 1 is 1.40 bits per heavy atom. The maximum absolute atomic E-state index is 12.2. The number of nitrogens with two attached hydrogens (primary N) is 1. The number of hydrogen-bond acceptors (Lipinski definition) is 4. The van der Waals surface area contributed by atoms with Crippen molar-refractivity contribution >= 4 is 17.6 Å². The topological polar surface area (TPSA) is 84.7 Å². The number of amides is 3. The Labute approximate surface area is 117 Å². The number of nitrogens with zero attached hydrogens (tertiary/aromatic N) is 1. The van der Waals surface area contributed by atoms with Crippen molar-refractivity contribution in [3.8, 4) is 5.75 Å². The number of imide groups is 1. The highest BCUT2D eigenvalue weighted by Gasteiger charge is 2.37. The first kappa shape index (κ1) is 14.2. The lowest BCUT2D eigenvalue weighted by Gasteiger charge is -2.15. The van der Waals surface area contributed by atoms with Crippen LogP contribution >= 0.6 is 0 Å². The maximum Gasteiger partial charge on any atom is 0.325 e. The number of nitrogen functional groups attached to an aromatic ring is 1. The molecule has 0 radical (unpaired) electrons. The van der Waals surface area contributed by atoms with Gasteiger partial charge < -0.3 is 15.8 Å². The SMILES string of the molecule is CCCC1NC(=O)N(Cc2ccc(N)cc2OC)C1=O. The van der Waals surface area contributed by atoms with Crippen molar-refractivity contribution < 1.29 is 14.3 Å². The third kappa shape index (κ3) is 2.68. The number of ether oxygens (including phenoxy) is 1. The standard InChI is InChI=1S/C14H19N3O3/c1-3-4-11-13(18)17(14(19)16-11)8-9-5-6-10(15)7-12(9)20-2/h5-7,11H,3-4,8,15H2,1-2H3,(H,16,19). The Kier molecular flexibility index (Phi) is 4.12. The molecule has 3 N–H and O–H groups in total. The summed E-state index contributed by atoms with van der Waals surface area (Å²) in [6, 6.07) is 4.40. The summed E-state index contributed by atoms with van der Waals surface area (Å²) in [6.07, 6.45) is 1.50. The normalized spacial score (nSPS) is 18.3. The molecule has 1 unspecified atom stereocenters. The van der Waals surface area contributed by atoms with Gasteiger partial charge in [0.1, 0.15) is 11.8 Å². The lowest BCUT2D eigenvalue weighted by Crippen LogP contribution is -2.31. The highest BCUT2D eigenvalue weighted by atomic mass is 16.5. The van der Waals surface area contributed by atoms with E-state index in [0.29, 0.717) is 17.9 Å². The van der Waals surface area contributed by atoms with Crippen LogP contribution in [-0.4, -0.2) is 30.0 Å². The van der Waals surface area contributed by atoms with Crippen LogP contribution in [0.25, 0.3) is 0 Å². The molecule has 2 rings (SSSR count). The van der Waals surface area contributed by atoms with Crippen LogP contribution in [0.3, 0.4) is 0 Å². The Morgan fingerprint density at radius 2 is 2.15 bits per heavy atom. The van der Waals surface area contributed by atoms with Crippen LogP contribution in [0.5, 0.6) is 5.75 Å². The predicted molar refractivity (Wildman–Crippen MR) is 75.2 cm³/mol. The van der Waals surface area contributed by atoms with Gasteiger partial charge >= 0.3 is 6.03 Å². The molecule has 0 spiro atoms. The Balaban J connectivity index is 2.18. The number of methoxy groups -OCH3 is 1. The summed E-state index contributed by atoms with van der Waals surface area (Å²) in [5, 5.41) is 2.70. The molecule has 1 aromatic carbocycles. The summed E-state index contributed by atoms with van der Waals surface area (Å²) in [6.45, 7) is 2.17. The van der Waals surface area contributed by atoms with E-state index in [9.17, 15) is 9.59 Å². The molecule has 1 fully saturated rings. The van der Waals surface area contributed by atoms with Gasteiger partial charge in [0.25, 0.3) is 5.91 Å². The molecular weight excluding hydrogens is 258 g/mol. The molecule has 20 heavy (non-hydrogen) atoms. The lowest BCUT2D eigenvalue weighted by atomic mass is 10.1. The second kappa shape index (κ2) is 5.81. The van der Waals surface area contributed by atoms with E-state index >= 15 is 0 Å². The van der Waals surface area contributed by atoms with E-state index in [0.717, 1.165) is 12.0 Å². The number of carbonyl (C=O) groups excluding carboxylic acids is 2. The average Bonchev–Trinajstić information content (AvgIpc) is 2.68. The van der Waals surface area contributed by atoms with Crippen molar-refractivity contribution in [1.82, 2.24) is 10.2 Å². The second-order valence-corrected chi connectivity index (χ2v) is 4.79. The third-order valence-electron chi connectivity index (χ3n) is 3.32. The molecule has 0 bridgehead atoms. The summed E-state index contributed by atoms with van der Waals surface area (Å²) in [4.78, 5) is 25.2. The second-order valence-electron chi connectivity index (χ2n) is 4.79. The molecule has 6 heteroatoms. The molecule has 0 saturated carbocycles. The van der Waals surface area contributed by atoms with Gasteiger partial charge in [-0.2, -0.15) is 0 Å². The number of nitrogens with one attached hydrogen (secondary N) is 1. The van der Waals surface area contributed by atoms with Crippen molar-refractivity contribution in [2.75, 3.05) is 12.8 Å². The van der Waals surface area contributed by atoms with E-state index in [1.54, 1.807) is 18.2 Å². The monoisotopic (exact) mass is 277 g/mol. The highest BCUT2D eigenvalue weighted by molar-refractivity contribution is 6.04. The van der Waals surface area contributed by atoms with Gasteiger partial charge in [0.15, 0.2) is 0 Å². The summed E-state index contributed by atoms with van der Waals surface area (Å²) < 4.78 is 5.23. The van der Waals surface area contributed by atoms with Gasteiger partial charge in [0.2, 0.25) is 0 Å².